The molecule has 0 bridgehead atoms. The molecule has 0 saturated carbocycles. The number of H-pyrrole nitrogens is 1. The van der Waals surface area contributed by atoms with Crippen LogP contribution in [0.5, 0.6) is 0 Å². The van der Waals surface area contributed by atoms with Gasteiger partial charge < -0.3 is 16.0 Å². The van der Waals surface area contributed by atoms with E-state index < -0.39 is 0 Å². The normalized spacial score (nSPS) is 15.8. The van der Waals surface area contributed by atoms with E-state index in [0.717, 1.165) is 53.3 Å². The standard InChI is InChI=1S/C31H36N6O/c1-31(2,3)27-13-12-24(17-22(27)8-5-4-7-21-14-16-32-19-21)36-30(38)26-9-6-15-33-29(26)35-25-11-10-23-20-34-37-28(23)18-25/h5-6,8-13,15,17-18,20-21,32H,4,7,14,16,19H2,1-3H3,(H,33,35)(H,34,37)(H,36,38). The zero-order chi connectivity index (χ0) is 26.5. The smallest absolute Gasteiger partial charge is 0.259 e. The molecule has 3 heterocycles. The molecule has 4 aromatic rings. The van der Waals surface area contributed by atoms with Crippen molar-refractivity contribution < 1.29 is 4.79 Å². The van der Waals surface area contributed by atoms with E-state index in [4.69, 9.17) is 0 Å². The third-order valence-corrected chi connectivity index (χ3v) is 7.08. The molecule has 4 N–H and O–H groups in total. The van der Waals surface area contributed by atoms with E-state index in [-0.39, 0.29) is 11.3 Å². The predicted molar refractivity (Wildman–Crippen MR) is 156 cm³/mol. The van der Waals surface area contributed by atoms with E-state index in [1.165, 1.54) is 18.4 Å². The van der Waals surface area contributed by atoms with Crippen molar-refractivity contribution in [1.29, 1.82) is 0 Å². The number of carbonyl (C=O) groups excluding carboxylic acids is 1. The molecule has 1 aliphatic heterocycles. The number of aromatic amines is 1. The average Bonchev–Trinajstić information content (AvgIpc) is 3.58. The summed E-state index contributed by atoms with van der Waals surface area (Å²) in [6.45, 7) is 8.92. The second-order valence-electron chi connectivity index (χ2n) is 11.0. The third-order valence-electron chi connectivity index (χ3n) is 7.08. The fourth-order valence-corrected chi connectivity index (χ4v) is 5.00. The minimum absolute atomic E-state index is 0.00617. The van der Waals surface area contributed by atoms with Gasteiger partial charge in [0.25, 0.3) is 5.91 Å². The molecular weight excluding hydrogens is 472 g/mol. The zero-order valence-corrected chi connectivity index (χ0v) is 22.3. The molecule has 38 heavy (non-hydrogen) atoms. The van der Waals surface area contributed by atoms with E-state index in [2.05, 4.69) is 76.2 Å². The van der Waals surface area contributed by atoms with Gasteiger partial charge in [-0.1, -0.05) is 39.0 Å². The molecule has 0 radical (unpaired) electrons. The first-order valence-corrected chi connectivity index (χ1v) is 13.3. The van der Waals surface area contributed by atoms with Gasteiger partial charge >= 0.3 is 0 Å². The maximum atomic E-state index is 13.4. The van der Waals surface area contributed by atoms with Crippen LogP contribution < -0.4 is 16.0 Å². The van der Waals surface area contributed by atoms with Crippen LogP contribution in [0.1, 0.15) is 61.5 Å². The lowest BCUT2D eigenvalue weighted by atomic mass is 9.83. The number of allylic oxidation sites excluding steroid dienone is 1. The summed E-state index contributed by atoms with van der Waals surface area (Å²) in [5.74, 6) is 1.06. The molecule has 2 aromatic heterocycles. The molecule has 1 saturated heterocycles. The molecule has 1 fully saturated rings. The average molecular weight is 509 g/mol. The van der Waals surface area contributed by atoms with Gasteiger partial charge in [-0.05, 0) is 97.3 Å². The quantitative estimate of drug-likeness (QED) is 0.214. The van der Waals surface area contributed by atoms with Crippen LogP contribution in [0.15, 0.2) is 67.0 Å². The van der Waals surface area contributed by atoms with Crippen LogP contribution in [0.25, 0.3) is 17.0 Å². The topological polar surface area (TPSA) is 94.7 Å². The van der Waals surface area contributed by atoms with Crippen LogP contribution in [0.2, 0.25) is 0 Å². The first kappa shape index (κ1) is 25.7. The first-order valence-electron chi connectivity index (χ1n) is 13.3. The lowest BCUT2D eigenvalue weighted by Crippen LogP contribution is -2.16. The number of nitrogens with one attached hydrogen (secondary N) is 4. The van der Waals surface area contributed by atoms with Crippen molar-refractivity contribution in [2.24, 2.45) is 5.92 Å². The fraction of sp³-hybridized carbons (Fsp3) is 0.323. The molecular formula is C31H36N6O. The fourth-order valence-electron chi connectivity index (χ4n) is 5.00. The molecule has 7 nitrogen and oxygen atoms in total. The van der Waals surface area contributed by atoms with Crippen LogP contribution in [0, 0.1) is 5.92 Å². The highest BCUT2D eigenvalue weighted by Gasteiger charge is 2.19. The summed E-state index contributed by atoms with van der Waals surface area (Å²) in [6, 6.07) is 15.6. The summed E-state index contributed by atoms with van der Waals surface area (Å²) < 4.78 is 0. The monoisotopic (exact) mass is 508 g/mol. The minimum atomic E-state index is -0.213. The number of carbonyl (C=O) groups is 1. The number of aromatic nitrogens is 3. The van der Waals surface area contributed by atoms with E-state index >= 15 is 0 Å². The van der Waals surface area contributed by atoms with Gasteiger partial charge in [-0.15, -0.1) is 0 Å². The van der Waals surface area contributed by atoms with Gasteiger partial charge in [-0.2, -0.15) is 5.10 Å². The molecule has 1 amide bonds. The second kappa shape index (κ2) is 11.2. The molecule has 1 aliphatic rings. The lowest BCUT2D eigenvalue weighted by Gasteiger charge is -2.22. The van der Waals surface area contributed by atoms with Crippen molar-refractivity contribution in [3.63, 3.8) is 0 Å². The van der Waals surface area contributed by atoms with E-state index in [0.29, 0.717) is 11.4 Å². The number of nitrogens with zero attached hydrogens (tertiary/aromatic N) is 2. The molecule has 2 aromatic carbocycles. The number of hydrogen-bond donors (Lipinski definition) is 4. The molecule has 5 rings (SSSR count). The van der Waals surface area contributed by atoms with Crippen LogP contribution >= 0.6 is 0 Å². The molecule has 0 spiro atoms. The Morgan fingerprint density at radius 3 is 2.82 bits per heavy atom. The van der Waals surface area contributed by atoms with Gasteiger partial charge in [0.2, 0.25) is 0 Å². The molecule has 1 unspecified atom stereocenters. The van der Waals surface area contributed by atoms with Crippen LogP contribution in [0.3, 0.4) is 0 Å². The first-order chi connectivity index (χ1) is 18.4. The maximum absolute atomic E-state index is 13.4. The van der Waals surface area contributed by atoms with E-state index in [1.807, 2.05) is 24.3 Å². The van der Waals surface area contributed by atoms with Crippen molar-refractivity contribution in [2.45, 2.75) is 45.4 Å². The number of pyridine rings is 1. The highest BCUT2D eigenvalue weighted by Crippen LogP contribution is 2.30. The van der Waals surface area contributed by atoms with Crippen molar-refractivity contribution in [3.8, 4) is 0 Å². The lowest BCUT2D eigenvalue weighted by molar-refractivity contribution is 0.102. The predicted octanol–water partition coefficient (Wildman–Crippen LogP) is 6.65. The van der Waals surface area contributed by atoms with E-state index in [9.17, 15) is 4.79 Å². The van der Waals surface area contributed by atoms with Crippen LogP contribution in [-0.4, -0.2) is 34.2 Å². The Morgan fingerprint density at radius 1 is 1.13 bits per heavy atom. The Hall–Kier alpha value is -3.97. The Morgan fingerprint density at radius 2 is 2.00 bits per heavy atom. The summed E-state index contributed by atoms with van der Waals surface area (Å²) in [5.41, 5.74) is 5.36. The maximum Gasteiger partial charge on any atom is 0.259 e. The summed E-state index contributed by atoms with van der Waals surface area (Å²) in [4.78, 5) is 17.8. The number of benzene rings is 2. The Labute approximate surface area is 224 Å². The number of hydrogen-bond acceptors (Lipinski definition) is 5. The highest BCUT2D eigenvalue weighted by atomic mass is 16.1. The summed E-state index contributed by atoms with van der Waals surface area (Å²) in [6.07, 6.45) is 11.5. The number of fused-ring (bicyclic) bond motifs is 1. The third kappa shape index (κ3) is 6.11. The Balaban J connectivity index is 1.33. The second-order valence-corrected chi connectivity index (χ2v) is 11.0. The van der Waals surface area contributed by atoms with Gasteiger partial charge in [0.1, 0.15) is 5.82 Å². The van der Waals surface area contributed by atoms with Gasteiger partial charge in [0.15, 0.2) is 0 Å². The Kier molecular flexibility index (Phi) is 7.56. The summed E-state index contributed by atoms with van der Waals surface area (Å²) in [5, 5.41) is 17.9. The van der Waals surface area contributed by atoms with Crippen molar-refractivity contribution >= 4 is 40.1 Å². The van der Waals surface area contributed by atoms with E-state index in [1.54, 1.807) is 24.5 Å². The zero-order valence-electron chi connectivity index (χ0n) is 22.3. The number of amides is 1. The molecule has 196 valence electrons. The largest absolute Gasteiger partial charge is 0.340 e. The van der Waals surface area contributed by atoms with Crippen LogP contribution in [-0.2, 0) is 5.41 Å². The van der Waals surface area contributed by atoms with Crippen molar-refractivity contribution in [3.05, 3.63) is 83.7 Å². The summed E-state index contributed by atoms with van der Waals surface area (Å²) in [7, 11) is 0. The molecule has 7 heteroatoms. The molecule has 0 aliphatic carbocycles. The minimum Gasteiger partial charge on any atom is -0.340 e. The number of rotatable bonds is 8. The van der Waals surface area contributed by atoms with Gasteiger partial charge in [-0.25, -0.2) is 4.98 Å². The van der Waals surface area contributed by atoms with Crippen molar-refractivity contribution in [2.75, 3.05) is 23.7 Å². The van der Waals surface area contributed by atoms with Gasteiger partial charge in [0.05, 0.1) is 17.3 Å². The Bertz CT molecular complexity index is 1440. The highest BCUT2D eigenvalue weighted by molar-refractivity contribution is 6.08. The molecule has 1 atom stereocenters. The summed E-state index contributed by atoms with van der Waals surface area (Å²) >= 11 is 0. The van der Waals surface area contributed by atoms with Gasteiger partial charge in [0, 0.05) is 23.0 Å². The number of anilines is 3. The van der Waals surface area contributed by atoms with Crippen LogP contribution in [0.4, 0.5) is 17.2 Å². The SMILES string of the molecule is CC(C)(C)c1ccc(NC(=O)c2cccnc2Nc2ccc3cn[nH]c3c2)cc1C=CCCC1CCNC1. The van der Waals surface area contributed by atoms with Crippen molar-refractivity contribution in [1.82, 2.24) is 20.5 Å². The van der Waals surface area contributed by atoms with Gasteiger partial charge in [-0.3, -0.25) is 9.89 Å².